The van der Waals surface area contributed by atoms with Crippen molar-refractivity contribution >= 4 is 44.7 Å². The molecular weight excluding hydrogens is 1000 g/mol. The molecule has 0 atom stereocenters. The number of benzene rings is 7. The van der Waals surface area contributed by atoms with Crippen molar-refractivity contribution in [2.24, 2.45) is 0 Å². The molecule has 0 bridgehead atoms. The van der Waals surface area contributed by atoms with Crippen LogP contribution in [0.1, 0.15) is 10.4 Å². The van der Waals surface area contributed by atoms with Crippen molar-refractivity contribution in [3.63, 3.8) is 0 Å². The zero-order chi connectivity index (χ0) is 52.3. The molecule has 71 heavy (non-hydrogen) atoms. The van der Waals surface area contributed by atoms with E-state index in [1.54, 1.807) is 12.1 Å². The van der Waals surface area contributed by atoms with Crippen molar-refractivity contribution < 1.29 is 102 Å². The third-order valence-electron chi connectivity index (χ3n) is 11.2. The van der Waals surface area contributed by atoms with Gasteiger partial charge in [0.25, 0.3) is 0 Å². The number of phenolic OH excluding ortho intramolecular Hbond substituents is 1. The van der Waals surface area contributed by atoms with E-state index in [1.807, 2.05) is 77.4 Å². The van der Waals surface area contributed by atoms with Gasteiger partial charge >= 0.3 is 0 Å². The van der Waals surface area contributed by atoms with Gasteiger partial charge in [-0.3, -0.25) is 4.79 Å². The molecule has 1 aromatic heterocycles. The van der Waals surface area contributed by atoms with Gasteiger partial charge in [0.2, 0.25) is 23.5 Å². The Bertz CT molecular complexity index is 3100. The molecule has 0 fully saturated rings. The Labute approximate surface area is 383 Å². The Balaban J connectivity index is 0.000000240. The number of hydrogen-bond donors (Lipinski definition) is 1. The molecule has 0 unspecified atom stereocenters. The summed E-state index contributed by atoms with van der Waals surface area (Å²) in [4.78, 5) is 12.8. The van der Waals surface area contributed by atoms with Gasteiger partial charge in [-0.1, -0.05) is 42.5 Å². The summed E-state index contributed by atoms with van der Waals surface area (Å²) in [6.07, 6.45) is -7.22. The Kier molecular flexibility index (Phi) is 13.7. The van der Waals surface area contributed by atoms with Crippen LogP contribution in [0.15, 0.2) is 91.0 Å². The van der Waals surface area contributed by atoms with Crippen LogP contribution in [0.3, 0.4) is 0 Å². The van der Waals surface area contributed by atoms with Crippen molar-refractivity contribution in [3.8, 4) is 17.0 Å². The summed E-state index contributed by atoms with van der Waals surface area (Å²) in [6.45, 7) is 0.252. The van der Waals surface area contributed by atoms with Crippen molar-refractivity contribution in [3.05, 3.63) is 213 Å². The molecule has 7 aromatic carbocycles. The summed E-state index contributed by atoms with van der Waals surface area (Å²) < 4.78 is 296. The molecule has 0 amide bonds. The Hall–Kier alpha value is -7.92. The average Bonchev–Trinajstić information content (AvgIpc) is 3.37. The fraction of sp³-hybridized carbons (Fsp3) is 0.0213. The number of fused-ring (bicyclic) bond motifs is 1. The number of hydrogen-bond acceptors (Lipinski definition) is 2. The highest BCUT2D eigenvalue weighted by Gasteiger charge is 2.52. The van der Waals surface area contributed by atoms with E-state index in [9.17, 15) is 62.6 Å². The number of nitrogens with zero attached hydrogens (tertiary/aromatic N) is 1. The lowest BCUT2D eigenvalue weighted by atomic mass is 9.12. The van der Waals surface area contributed by atoms with Gasteiger partial charge in [-0.25, -0.2) is 87.8 Å². The first-order valence-corrected chi connectivity index (χ1v) is 19.4. The molecule has 0 radical (unpaired) electrons. The maximum absolute atomic E-state index is 15.4. The van der Waals surface area contributed by atoms with E-state index in [-0.39, 0.29) is 18.1 Å². The van der Waals surface area contributed by atoms with E-state index >= 15 is 35.1 Å². The topological polar surface area (TPSA) is 41.2 Å². The van der Waals surface area contributed by atoms with Crippen molar-refractivity contribution in [2.75, 3.05) is 0 Å². The number of ketones is 1. The second-order valence-electron chi connectivity index (χ2n) is 15.0. The number of rotatable bonds is 8. The minimum Gasteiger partial charge on any atom is -0.508 e. The summed E-state index contributed by atoms with van der Waals surface area (Å²) in [6, 6.07) is 28.5. The van der Waals surface area contributed by atoms with Crippen molar-refractivity contribution in [1.82, 2.24) is 0 Å². The Morgan fingerprint density at radius 3 is 1.03 bits per heavy atom. The lowest BCUT2D eigenvalue weighted by molar-refractivity contribution is -0.646. The molecule has 366 valence electrons. The van der Waals surface area contributed by atoms with E-state index in [2.05, 4.69) is 6.07 Å². The number of carbonyl (C=O) groups excluding carboxylic acids is 1. The van der Waals surface area contributed by atoms with Gasteiger partial charge in [0, 0.05) is 28.6 Å². The van der Waals surface area contributed by atoms with Crippen LogP contribution in [0, 0.1) is 116 Å². The maximum atomic E-state index is 15.4. The predicted octanol–water partition coefficient (Wildman–Crippen LogP) is 10.2. The van der Waals surface area contributed by atoms with Crippen LogP contribution in [0.2, 0.25) is 0 Å². The highest BCUT2D eigenvalue weighted by atomic mass is 19.2. The zero-order valence-corrected chi connectivity index (χ0v) is 34.3. The van der Waals surface area contributed by atoms with Gasteiger partial charge < -0.3 is 5.11 Å². The second kappa shape index (κ2) is 19.1. The van der Waals surface area contributed by atoms with Gasteiger partial charge in [-0.2, -0.15) is 4.57 Å². The number of carbonyl (C=O) groups is 1. The average molecular weight is 1020 g/mol. The molecule has 24 heteroatoms. The first-order chi connectivity index (χ1) is 33.4. The number of aromatic hydroxyl groups is 1. The molecular formula is C47H18BF20NO2. The summed E-state index contributed by atoms with van der Waals surface area (Å²) in [5.74, 6) is -71.1. The van der Waals surface area contributed by atoms with Gasteiger partial charge in [0.15, 0.2) is 69.8 Å². The molecule has 1 heterocycles. The molecule has 0 spiro atoms. The smallest absolute Gasteiger partial charge is 0.227 e. The highest BCUT2D eigenvalue weighted by molar-refractivity contribution is 7.20. The summed E-state index contributed by atoms with van der Waals surface area (Å²) in [7, 11) is 0. The van der Waals surface area contributed by atoms with Crippen LogP contribution in [0.5, 0.6) is 5.75 Å². The second-order valence-corrected chi connectivity index (χ2v) is 15.0. The monoisotopic (exact) mass is 1020 g/mol. The molecule has 0 aliphatic carbocycles. The van der Waals surface area contributed by atoms with Crippen LogP contribution in [-0.2, 0) is 6.54 Å². The van der Waals surface area contributed by atoms with E-state index in [4.69, 9.17) is 0 Å². The van der Waals surface area contributed by atoms with Gasteiger partial charge in [-0.05, 0) is 36.4 Å². The normalized spacial score (nSPS) is 11.5. The number of phenols is 1. The molecule has 8 aromatic rings. The van der Waals surface area contributed by atoms with E-state index in [0.717, 1.165) is 22.2 Å². The molecule has 0 saturated carbocycles. The molecule has 0 aliphatic heterocycles. The minimum atomic E-state index is -7.22. The highest BCUT2D eigenvalue weighted by Crippen LogP contribution is 2.31. The first-order valence-electron chi connectivity index (χ1n) is 19.4. The lowest BCUT2D eigenvalue weighted by Crippen LogP contribution is -2.81. The van der Waals surface area contributed by atoms with Crippen molar-refractivity contribution in [1.29, 1.82) is 0 Å². The number of Topliss-reactive ketones (excluding diaryl/α,β-unsaturated/α-hetero) is 1. The third kappa shape index (κ3) is 8.13. The molecule has 3 nitrogen and oxygen atoms in total. The van der Waals surface area contributed by atoms with Crippen LogP contribution in [0.4, 0.5) is 87.8 Å². The van der Waals surface area contributed by atoms with Crippen LogP contribution in [-0.4, -0.2) is 17.0 Å². The van der Waals surface area contributed by atoms with Crippen LogP contribution in [0.25, 0.3) is 22.2 Å². The number of para-hydroxylation sites is 1. The van der Waals surface area contributed by atoms with Gasteiger partial charge in [0.1, 0.15) is 58.4 Å². The third-order valence-corrected chi connectivity index (χ3v) is 11.2. The number of pyridine rings is 1. The van der Waals surface area contributed by atoms with Crippen LogP contribution >= 0.6 is 0 Å². The van der Waals surface area contributed by atoms with E-state index in [0.29, 0.717) is 5.56 Å². The lowest BCUT2D eigenvalue weighted by Gasteiger charge is -2.44. The fourth-order valence-corrected chi connectivity index (χ4v) is 8.05. The number of halogens is 20. The fourth-order valence-electron chi connectivity index (χ4n) is 8.05. The molecule has 0 aliphatic rings. The van der Waals surface area contributed by atoms with Crippen molar-refractivity contribution in [2.45, 2.75) is 6.54 Å². The van der Waals surface area contributed by atoms with Gasteiger partial charge in [-0.15, -0.1) is 21.9 Å². The Morgan fingerprint density at radius 2 is 0.676 bits per heavy atom. The SMILES string of the molecule is Fc1c(F)c(F)c([B-](c2c(F)c(F)c(F)c(F)c2F)(c2c(F)c(F)c(F)c(F)c2F)c2c(F)c(F)c(F)c(F)c2F)c(F)c1F.O=C(C[n+]1c(-c2ccc(O)cc2)ccc2ccccc21)c1ccccc1. The standard InChI is InChI=1S/C24BF20.C23H17NO2/c26-5-1(6(27)14(35)21(42)13(5)34)25(2-7(28)15(36)22(43)16(37)8(2)29,3-9(30)17(38)23(44)18(39)10(3)31)4-11(32)19(40)24(45)20(41)12(4)33;25-20-13-10-18(11-14-20)22-15-12-17-6-4-5-9-21(17)24(22)16-23(26)19-7-2-1-3-8-19/h;1-15H,16H2/q-1;/p+1. The Morgan fingerprint density at radius 1 is 0.366 bits per heavy atom. The summed E-state index contributed by atoms with van der Waals surface area (Å²) in [5, 5.41) is 10.7. The quantitative estimate of drug-likeness (QED) is 0.0412. The maximum Gasteiger partial charge on any atom is 0.227 e. The first kappa shape index (κ1) is 50.9. The van der Waals surface area contributed by atoms with Crippen LogP contribution < -0.4 is 26.4 Å². The largest absolute Gasteiger partial charge is 0.508 e. The number of aromatic nitrogens is 1. The summed E-state index contributed by atoms with van der Waals surface area (Å²) in [5.41, 5.74) is -10.7. The van der Waals surface area contributed by atoms with E-state index < -0.39 is 144 Å². The van der Waals surface area contributed by atoms with E-state index in [1.165, 1.54) is 0 Å². The molecule has 0 saturated heterocycles. The molecule has 1 N–H and O–H groups in total. The summed E-state index contributed by atoms with van der Waals surface area (Å²) >= 11 is 0. The predicted molar refractivity (Wildman–Crippen MR) is 211 cm³/mol. The molecule has 8 rings (SSSR count). The minimum absolute atomic E-state index is 0.0620. The zero-order valence-electron chi connectivity index (χ0n) is 34.3. The van der Waals surface area contributed by atoms with Gasteiger partial charge in [0.05, 0.1) is 0 Å².